The number of carbonyl (C=O) groups excluding carboxylic acids is 2. The molecule has 0 saturated heterocycles. The predicted octanol–water partition coefficient (Wildman–Crippen LogP) is 2.55. The molecule has 0 unspecified atom stereocenters. The molecule has 3 N–H and O–H groups in total. The van der Waals surface area contributed by atoms with E-state index in [1.807, 2.05) is 35.0 Å². The minimum atomic E-state index is -0.470. The van der Waals surface area contributed by atoms with E-state index in [1.54, 1.807) is 0 Å². The summed E-state index contributed by atoms with van der Waals surface area (Å²) in [4.78, 5) is 29.9. The fourth-order valence-corrected chi connectivity index (χ4v) is 4.63. The van der Waals surface area contributed by atoms with Crippen LogP contribution in [0.3, 0.4) is 0 Å². The van der Waals surface area contributed by atoms with Crippen LogP contribution in [0.5, 0.6) is 0 Å². The lowest BCUT2D eigenvalue weighted by atomic mass is 9.95. The van der Waals surface area contributed by atoms with Gasteiger partial charge >= 0.3 is 0 Å². The summed E-state index contributed by atoms with van der Waals surface area (Å²) in [6.45, 7) is 0. The SMILES string of the molecule is NC(=O)c1c(NC(=O)Cc2cn3ccccc3n2)sc2c1CCCC2. The van der Waals surface area contributed by atoms with Gasteiger partial charge in [0.1, 0.15) is 10.6 Å². The lowest BCUT2D eigenvalue weighted by molar-refractivity contribution is -0.115. The van der Waals surface area contributed by atoms with Crippen LogP contribution in [0.1, 0.15) is 39.3 Å². The number of nitrogens with one attached hydrogen (secondary N) is 1. The maximum absolute atomic E-state index is 12.4. The number of rotatable bonds is 4. The van der Waals surface area contributed by atoms with Gasteiger partial charge in [-0.05, 0) is 43.4 Å². The molecule has 0 radical (unpaired) electrons. The number of primary amides is 1. The van der Waals surface area contributed by atoms with E-state index < -0.39 is 5.91 Å². The molecule has 6 nitrogen and oxygen atoms in total. The number of carbonyl (C=O) groups is 2. The van der Waals surface area contributed by atoms with E-state index in [0.29, 0.717) is 16.3 Å². The molecular formula is C18H18N4O2S. The van der Waals surface area contributed by atoms with Crippen LogP contribution in [-0.4, -0.2) is 21.2 Å². The number of hydrogen-bond donors (Lipinski definition) is 2. The van der Waals surface area contributed by atoms with Crippen LogP contribution in [-0.2, 0) is 24.1 Å². The predicted molar refractivity (Wildman–Crippen MR) is 97.0 cm³/mol. The topological polar surface area (TPSA) is 89.5 Å². The first kappa shape index (κ1) is 15.8. The van der Waals surface area contributed by atoms with E-state index in [0.717, 1.165) is 36.9 Å². The average Bonchev–Trinajstić information content (AvgIpc) is 3.14. The lowest BCUT2D eigenvalue weighted by Gasteiger charge is -2.11. The summed E-state index contributed by atoms with van der Waals surface area (Å²) in [6, 6.07) is 5.70. The van der Waals surface area contributed by atoms with Crippen molar-refractivity contribution < 1.29 is 9.59 Å². The molecule has 0 aromatic carbocycles. The first-order chi connectivity index (χ1) is 12.1. The van der Waals surface area contributed by atoms with E-state index in [-0.39, 0.29) is 12.3 Å². The van der Waals surface area contributed by atoms with Gasteiger partial charge in [-0.3, -0.25) is 9.59 Å². The van der Waals surface area contributed by atoms with Gasteiger partial charge < -0.3 is 15.5 Å². The molecule has 3 aromatic rings. The molecule has 3 heterocycles. The largest absolute Gasteiger partial charge is 0.365 e. The maximum atomic E-state index is 12.4. The maximum Gasteiger partial charge on any atom is 0.251 e. The van der Waals surface area contributed by atoms with Crippen LogP contribution in [0.2, 0.25) is 0 Å². The molecule has 128 valence electrons. The van der Waals surface area contributed by atoms with Crippen LogP contribution in [0, 0.1) is 0 Å². The number of pyridine rings is 1. The zero-order valence-corrected chi connectivity index (χ0v) is 14.4. The first-order valence-corrected chi connectivity index (χ1v) is 9.10. The van der Waals surface area contributed by atoms with Crippen molar-refractivity contribution in [3.63, 3.8) is 0 Å². The van der Waals surface area contributed by atoms with Crippen LogP contribution in [0.25, 0.3) is 5.65 Å². The second-order valence-corrected chi connectivity index (χ2v) is 7.31. The molecule has 7 heteroatoms. The first-order valence-electron chi connectivity index (χ1n) is 8.28. The Labute approximate surface area is 148 Å². The number of amides is 2. The van der Waals surface area contributed by atoms with Gasteiger partial charge in [-0.15, -0.1) is 11.3 Å². The molecule has 25 heavy (non-hydrogen) atoms. The Balaban J connectivity index is 1.56. The quantitative estimate of drug-likeness (QED) is 0.754. The monoisotopic (exact) mass is 354 g/mol. The fraction of sp³-hybridized carbons (Fsp3) is 0.278. The summed E-state index contributed by atoms with van der Waals surface area (Å²) in [5, 5.41) is 3.45. The zero-order valence-electron chi connectivity index (χ0n) is 13.6. The van der Waals surface area contributed by atoms with Crippen molar-refractivity contribution >= 4 is 33.8 Å². The Morgan fingerprint density at radius 2 is 2.12 bits per heavy atom. The molecule has 0 fully saturated rings. The number of imidazole rings is 1. The summed E-state index contributed by atoms with van der Waals surface area (Å²) < 4.78 is 1.88. The average molecular weight is 354 g/mol. The van der Waals surface area contributed by atoms with Gasteiger partial charge in [0.25, 0.3) is 5.91 Å². The summed E-state index contributed by atoms with van der Waals surface area (Å²) in [7, 11) is 0. The van der Waals surface area contributed by atoms with Crippen molar-refractivity contribution in [1.82, 2.24) is 9.38 Å². The van der Waals surface area contributed by atoms with E-state index >= 15 is 0 Å². The zero-order chi connectivity index (χ0) is 17.4. The van der Waals surface area contributed by atoms with Crippen molar-refractivity contribution in [3.05, 3.63) is 52.3 Å². The van der Waals surface area contributed by atoms with Crippen molar-refractivity contribution in [2.24, 2.45) is 5.73 Å². The van der Waals surface area contributed by atoms with Crippen molar-refractivity contribution in [2.45, 2.75) is 32.1 Å². The number of aryl methyl sites for hydroxylation is 1. The Hall–Kier alpha value is -2.67. The van der Waals surface area contributed by atoms with Gasteiger partial charge in [-0.1, -0.05) is 6.07 Å². The van der Waals surface area contributed by atoms with E-state index in [1.165, 1.54) is 16.2 Å². The molecule has 0 atom stereocenters. The smallest absolute Gasteiger partial charge is 0.251 e. The van der Waals surface area contributed by atoms with Crippen LogP contribution in [0.4, 0.5) is 5.00 Å². The second-order valence-electron chi connectivity index (χ2n) is 6.20. The Morgan fingerprint density at radius 1 is 1.28 bits per heavy atom. The number of aromatic nitrogens is 2. The number of nitrogens with zero attached hydrogens (tertiary/aromatic N) is 2. The number of fused-ring (bicyclic) bond motifs is 2. The highest BCUT2D eigenvalue weighted by molar-refractivity contribution is 7.17. The van der Waals surface area contributed by atoms with Gasteiger partial charge in [0, 0.05) is 17.3 Å². The summed E-state index contributed by atoms with van der Waals surface area (Å²) in [5.41, 5.74) is 8.56. The molecule has 4 rings (SSSR count). The molecular weight excluding hydrogens is 336 g/mol. The lowest BCUT2D eigenvalue weighted by Crippen LogP contribution is -2.19. The van der Waals surface area contributed by atoms with Crippen molar-refractivity contribution in [1.29, 1.82) is 0 Å². The summed E-state index contributed by atoms with van der Waals surface area (Å²) in [6.07, 6.45) is 7.85. The van der Waals surface area contributed by atoms with Gasteiger partial charge in [-0.25, -0.2) is 4.98 Å². The molecule has 1 aliphatic carbocycles. The van der Waals surface area contributed by atoms with Crippen molar-refractivity contribution in [3.8, 4) is 0 Å². The number of thiophene rings is 1. The second kappa shape index (κ2) is 6.33. The van der Waals surface area contributed by atoms with Crippen molar-refractivity contribution in [2.75, 3.05) is 5.32 Å². The molecule has 1 aliphatic rings. The van der Waals surface area contributed by atoms with Gasteiger partial charge in [0.05, 0.1) is 17.7 Å². The molecule has 0 bridgehead atoms. The number of hydrogen-bond acceptors (Lipinski definition) is 4. The van der Waals surface area contributed by atoms with Gasteiger partial charge in [0.2, 0.25) is 5.91 Å². The Morgan fingerprint density at radius 3 is 2.92 bits per heavy atom. The Kier molecular flexibility index (Phi) is 4.01. The third kappa shape index (κ3) is 3.02. The minimum absolute atomic E-state index is 0.155. The van der Waals surface area contributed by atoms with E-state index in [4.69, 9.17) is 5.73 Å². The Bertz CT molecular complexity index is 940. The number of nitrogens with two attached hydrogens (primary N) is 1. The van der Waals surface area contributed by atoms with E-state index in [9.17, 15) is 9.59 Å². The molecule has 0 spiro atoms. The van der Waals surface area contributed by atoms with Gasteiger partial charge in [-0.2, -0.15) is 0 Å². The summed E-state index contributed by atoms with van der Waals surface area (Å²) >= 11 is 1.48. The standard InChI is InChI=1S/C18H18N4O2S/c19-17(24)16-12-5-1-2-6-13(12)25-18(16)21-15(23)9-11-10-22-8-4-3-7-14(22)20-11/h3-4,7-8,10H,1-2,5-6,9H2,(H2,19,24)(H,21,23). The third-order valence-corrected chi connectivity index (χ3v) is 5.63. The summed E-state index contributed by atoms with van der Waals surface area (Å²) in [5.74, 6) is -0.660. The van der Waals surface area contributed by atoms with Crippen LogP contribution >= 0.6 is 11.3 Å². The molecule has 3 aromatic heterocycles. The highest BCUT2D eigenvalue weighted by Crippen LogP contribution is 2.37. The highest BCUT2D eigenvalue weighted by atomic mass is 32.1. The molecule has 2 amide bonds. The van der Waals surface area contributed by atoms with Gasteiger partial charge in [0.15, 0.2) is 0 Å². The molecule has 0 saturated carbocycles. The normalized spacial score (nSPS) is 13.6. The van der Waals surface area contributed by atoms with E-state index in [2.05, 4.69) is 10.3 Å². The van der Waals surface area contributed by atoms with Crippen LogP contribution < -0.4 is 11.1 Å². The number of anilines is 1. The minimum Gasteiger partial charge on any atom is -0.365 e. The fourth-order valence-electron chi connectivity index (χ4n) is 3.32. The van der Waals surface area contributed by atoms with Crippen LogP contribution in [0.15, 0.2) is 30.6 Å². The third-order valence-electron chi connectivity index (χ3n) is 4.43. The highest BCUT2D eigenvalue weighted by Gasteiger charge is 2.25. The molecule has 0 aliphatic heterocycles.